The van der Waals surface area contributed by atoms with E-state index in [9.17, 15) is 0 Å². The summed E-state index contributed by atoms with van der Waals surface area (Å²) in [6.45, 7) is 2.91. The van der Waals surface area contributed by atoms with Gasteiger partial charge in [0.15, 0.2) is 5.82 Å². The summed E-state index contributed by atoms with van der Waals surface area (Å²) in [4.78, 5) is 0. The number of aryl methyl sites for hydroxylation is 1. The van der Waals surface area contributed by atoms with Crippen LogP contribution >= 0.6 is 0 Å². The van der Waals surface area contributed by atoms with Crippen LogP contribution in [0.3, 0.4) is 0 Å². The van der Waals surface area contributed by atoms with Gasteiger partial charge in [0.05, 0.1) is 17.4 Å². The lowest BCUT2D eigenvalue weighted by Crippen LogP contribution is -1.95. The van der Waals surface area contributed by atoms with E-state index in [1.165, 1.54) is 0 Å². The molecule has 0 aliphatic carbocycles. The van der Waals surface area contributed by atoms with Crippen LogP contribution in [0.15, 0.2) is 49.1 Å². The van der Waals surface area contributed by atoms with E-state index in [0.717, 1.165) is 23.6 Å². The number of nitrogens with zero attached hydrogens (tertiary/aromatic N) is 5. The third-order valence-electron chi connectivity index (χ3n) is 2.82. The zero-order valence-corrected chi connectivity index (χ0v) is 10.1. The first-order valence-corrected chi connectivity index (χ1v) is 5.86. The van der Waals surface area contributed by atoms with Gasteiger partial charge in [-0.25, -0.2) is 4.68 Å². The van der Waals surface area contributed by atoms with Crippen molar-refractivity contribution in [3.8, 4) is 17.1 Å². The molecule has 0 saturated carbocycles. The van der Waals surface area contributed by atoms with Gasteiger partial charge in [-0.1, -0.05) is 18.2 Å². The van der Waals surface area contributed by atoms with Gasteiger partial charge in [-0.05, 0) is 19.1 Å². The van der Waals surface area contributed by atoms with Gasteiger partial charge in [0.2, 0.25) is 0 Å². The van der Waals surface area contributed by atoms with Gasteiger partial charge in [0.25, 0.3) is 0 Å². The molecule has 0 N–H and O–H groups in total. The molecule has 0 aliphatic rings. The molecule has 0 fully saturated rings. The Hall–Kier alpha value is -2.43. The molecular weight excluding hydrogens is 226 g/mol. The summed E-state index contributed by atoms with van der Waals surface area (Å²) in [6, 6.07) is 10.0. The third kappa shape index (κ3) is 1.79. The van der Waals surface area contributed by atoms with Crippen molar-refractivity contribution in [2.75, 3.05) is 0 Å². The Morgan fingerprint density at radius 2 is 2.00 bits per heavy atom. The molecule has 3 aromatic rings. The molecule has 0 radical (unpaired) electrons. The summed E-state index contributed by atoms with van der Waals surface area (Å²) >= 11 is 0. The van der Waals surface area contributed by atoms with Crippen molar-refractivity contribution < 1.29 is 0 Å². The maximum absolute atomic E-state index is 4.35. The topological polar surface area (TPSA) is 48.5 Å². The summed E-state index contributed by atoms with van der Waals surface area (Å²) in [5.74, 6) is 0.847. The second kappa shape index (κ2) is 4.44. The fourth-order valence-electron chi connectivity index (χ4n) is 1.87. The summed E-state index contributed by atoms with van der Waals surface area (Å²) < 4.78 is 3.83. The predicted molar refractivity (Wildman–Crippen MR) is 68.3 cm³/mol. The highest BCUT2D eigenvalue weighted by molar-refractivity contribution is 5.53. The van der Waals surface area contributed by atoms with Crippen molar-refractivity contribution in [1.29, 1.82) is 0 Å². The minimum atomic E-state index is 0.846. The van der Waals surface area contributed by atoms with Gasteiger partial charge in [-0.3, -0.25) is 0 Å². The van der Waals surface area contributed by atoms with Crippen molar-refractivity contribution in [3.63, 3.8) is 0 Å². The van der Waals surface area contributed by atoms with Crippen LogP contribution in [0, 0.1) is 0 Å². The molecule has 2 heterocycles. The molecule has 90 valence electrons. The van der Waals surface area contributed by atoms with Gasteiger partial charge >= 0.3 is 0 Å². The maximum Gasteiger partial charge on any atom is 0.166 e. The van der Waals surface area contributed by atoms with Gasteiger partial charge in [0, 0.05) is 12.7 Å². The zero-order chi connectivity index (χ0) is 12.4. The Kier molecular flexibility index (Phi) is 2.64. The Labute approximate surface area is 105 Å². The molecular formula is C13H13N5. The second-order valence-electron chi connectivity index (χ2n) is 3.95. The number of rotatable bonds is 3. The molecule has 0 unspecified atom stereocenters. The van der Waals surface area contributed by atoms with Crippen molar-refractivity contribution in [1.82, 2.24) is 24.5 Å². The van der Waals surface area contributed by atoms with Gasteiger partial charge in [-0.15, -0.1) is 10.2 Å². The predicted octanol–water partition coefficient (Wildman–Crippen LogP) is 2.15. The lowest BCUT2D eigenvalue weighted by molar-refractivity contribution is 0.767. The normalized spacial score (nSPS) is 10.7. The molecule has 0 bridgehead atoms. The van der Waals surface area contributed by atoms with Crippen LogP contribution in [-0.4, -0.2) is 24.5 Å². The SMILES string of the molecule is CCn1cnnc1-c1cnn(-c2ccccc2)c1. The quantitative estimate of drug-likeness (QED) is 0.703. The third-order valence-corrected chi connectivity index (χ3v) is 2.82. The number of hydrogen-bond acceptors (Lipinski definition) is 3. The zero-order valence-electron chi connectivity index (χ0n) is 10.1. The molecule has 0 saturated heterocycles. The van der Waals surface area contributed by atoms with E-state index in [0.29, 0.717) is 0 Å². The lowest BCUT2D eigenvalue weighted by atomic mass is 10.3. The molecule has 0 spiro atoms. The molecule has 5 heteroatoms. The van der Waals surface area contributed by atoms with Crippen LogP contribution in [0.2, 0.25) is 0 Å². The second-order valence-corrected chi connectivity index (χ2v) is 3.95. The monoisotopic (exact) mass is 239 g/mol. The number of hydrogen-bond donors (Lipinski definition) is 0. The van der Waals surface area contributed by atoms with Crippen LogP contribution in [0.5, 0.6) is 0 Å². The number of aromatic nitrogens is 5. The summed E-state index contributed by atoms with van der Waals surface area (Å²) in [7, 11) is 0. The first-order chi connectivity index (χ1) is 8.88. The highest BCUT2D eigenvalue weighted by Gasteiger charge is 2.09. The molecule has 5 nitrogen and oxygen atoms in total. The van der Waals surface area contributed by atoms with Crippen LogP contribution in [0.4, 0.5) is 0 Å². The molecule has 0 atom stereocenters. The van der Waals surface area contributed by atoms with Crippen molar-refractivity contribution in [3.05, 3.63) is 49.1 Å². The minimum absolute atomic E-state index is 0.846. The van der Waals surface area contributed by atoms with Crippen LogP contribution in [-0.2, 0) is 6.54 Å². The van der Waals surface area contributed by atoms with E-state index in [2.05, 4.69) is 22.2 Å². The van der Waals surface area contributed by atoms with Crippen LogP contribution in [0.25, 0.3) is 17.1 Å². The molecule has 2 aromatic heterocycles. The van der Waals surface area contributed by atoms with E-state index >= 15 is 0 Å². The van der Waals surface area contributed by atoms with E-state index in [1.54, 1.807) is 6.33 Å². The fraction of sp³-hybridized carbons (Fsp3) is 0.154. The van der Waals surface area contributed by atoms with Crippen LogP contribution < -0.4 is 0 Å². The number of benzene rings is 1. The van der Waals surface area contributed by atoms with E-state index < -0.39 is 0 Å². The minimum Gasteiger partial charge on any atom is -0.314 e. The molecule has 0 amide bonds. The Balaban J connectivity index is 2.00. The summed E-state index contributed by atoms with van der Waals surface area (Å²) in [6.07, 6.45) is 5.50. The van der Waals surface area contributed by atoms with Gasteiger partial charge < -0.3 is 4.57 Å². The average Bonchev–Trinajstić information content (AvgIpc) is 3.08. The first-order valence-electron chi connectivity index (χ1n) is 5.86. The van der Waals surface area contributed by atoms with Gasteiger partial charge in [0.1, 0.15) is 6.33 Å². The average molecular weight is 239 g/mol. The smallest absolute Gasteiger partial charge is 0.166 e. The van der Waals surface area contributed by atoms with E-state index in [4.69, 9.17) is 0 Å². The molecule has 1 aromatic carbocycles. The highest BCUT2D eigenvalue weighted by Crippen LogP contribution is 2.17. The first kappa shape index (κ1) is 10.7. The van der Waals surface area contributed by atoms with Crippen molar-refractivity contribution in [2.24, 2.45) is 0 Å². The largest absolute Gasteiger partial charge is 0.314 e. The summed E-state index contributed by atoms with van der Waals surface area (Å²) in [5.41, 5.74) is 2.00. The lowest BCUT2D eigenvalue weighted by Gasteiger charge is -2.00. The standard InChI is InChI=1S/C13H13N5/c1-2-17-10-14-16-13(17)11-8-15-18(9-11)12-6-4-3-5-7-12/h3-10H,2H2,1H3. The Morgan fingerprint density at radius 1 is 1.17 bits per heavy atom. The molecule has 3 rings (SSSR count). The number of para-hydroxylation sites is 1. The van der Waals surface area contributed by atoms with E-state index in [-0.39, 0.29) is 0 Å². The molecule has 18 heavy (non-hydrogen) atoms. The summed E-state index contributed by atoms with van der Waals surface area (Å²) in [5, 5.41) is 12.4. The van der Waals surface area contributed by atoms with Crippen molar-refractivity contribution >= 4 is 0 Å². The van der Waals surface area contributed by atoms with Gasteiger partial charge in [-0.2, -0.15) is 5.10 Å². The fourth-order valence-corrected chi connectivity index (χ4v) is 1.87. The Bertz CT molecular complexity index is 638. The Morgan fingerprint density at radius 3 is 2.78 bits per heavy atom. The molecule has 0 aliphatic heterocycles. The maximum atomic E-state index is 4.35. The van der Waals surface area contributed by atoms with E-state index in [1.807, 2.05) is 52.0 Å². The highest BCUT2D eigenvalue weighted by atomic mass is 15.3. The van der Waals surface area contributed by atoms with Crippen molar-refractivity contribution in [2.45, 2.75) is 13.5 Å². The van der Waals surface area contributed by atoms with Crippen LogP contribution in [0.1, 0.15) is 6.92 Å².